The second-order valence-corrected chi connectivity index (χ2v) is 8.58. The third-order valence-corrected chi connectivity index (χ3v) is 6.33. The summed E-state index contributed by atoms with van der Waals surface area (Å²) in [5.74, 6) is 1.53. The number of hydrogen-bond acceptors (Lipinski definition) is 5. The minimum absolute atomic E-state index is 0.477. The van der Waals surface area contributed by atoms with Crippen LogP contribution in [0.2, 0.25) is 5.02 Å². The van der Waals surface area contributed by atoms with E-state index in [0.717, 1.165) is 23.5 Å². The standard InChI is InChI=1S/C13H19ClN2O2S2/c1-15-8-10-11(14)4-3-5-12(10)16-6-7-19-9-13(16)20(2,17)18/h3-5,13,15H,6-9H2,1-2H3. The zero-order valence-corrected chi connectivity index (χ0v) is 14.0. The lowest BCUT2D eigenvalue weighted by atomic mass is 10.1. The molecule has 0 spiro atoms. The number of anilines is 1. The molecular formula is C13H19ClN2O2S2. The van der Waals surface area contributed by atoms with Crippen molar-refractivity contribution in [2.75, 3.05) is 36.3 Å². The summed E-state index contributed by atoms with van der Waals surface area (Å²) in [5, 5.41) is 3.28. The van der Waals surface area contributed by atoms with E-state index in [2.05, 4.69) is 5.32 Å². The summed E-state index contributed by atoms with van der Waals surface area (Å²) in [5.41, 5.74) is 1.87. The van der Waals surface area contributed by atoms with Crippen LogP contribution in [0.15, 0.2) is 18.2 Å². The first-order valence-electron chi connectivity index (χ1n) is 6.40. The van der Waals surface area contributed by atoms with Crippen LogP contribution in [0.4, 0.5) is 5.69 Å². The van der Waals surface area contributed by atoms with E-state index in [-0.39, 0.29) is 0 Å². The minimum atomic E-state index is -3.13. The Bertz CT molecular complexity index is 578. The number of nitrogens with zero attached hydrogens (tertiary/aromatic N) is 1. The Morgan fingerprint density at radius 3 is 2.90 bits per heavy atom. The Morgan fingerprint density at radius 1 is 1.50 bits per heavy atom. The van der Waals surface area contributed by atoms with Crippen molar-refractivity contribution < 1.29 is 8.42 Å². The van der Waals surface area contributed by atoms with Gasteiger partial charge in [0.25, 0.3) is 0 Å². The molecule has 4 nitrogen and oxygen atoms in total. The monoisotopic (exact) mass is 334 g/mol. The molecule has 1 aromatic rings. The number of thioether (sulfide) groups is 1. The maximum Gasteiger partial charge on any atom is 0.169 e. The lowest BCUT2D eigenvalue weighted by Gasteiger charge is -2.37. The van der Waals surface area contributed by atoms with E-state index in [1.807, 2.05) is 30.1 Å². The van der Waals surface area contributed by atoms with Crippen molar-refractivity contribution in [1.29, 1.82) is 0 Å². The summed E-state index contributed by atoms with van der Waals surface area (Å²) in [6.07, 6.45) is 1.30. The Kier molecular flexibility index (Phi) is 5.23. The van der Waals surface area contributed by atoms with Gasteiger partial charge in [-0.2, -0.15) is 11.8 Å². The van der Waals surface area contributed by atoms with Gasteiger partial charge in [0.05, 0.1) is 0 Å². The number of sulfone groups is 1. The smallest absolute Gasteiger partial charge is 0.169 e. The van der Waals surface area contributed by atoms with Crippen molar-refractivity contribution in [2.45, 2.75) is 11.9 Å². The molecule has 1 heterocycles. The maximum absolute atomic E-state index is 12.0. The fourth-order valence-electron chi connectivity index (χ4n) is 2.38. The molecule has 0 aliphatic carbocycles. The number of nitrogens with one attached hydrogen (secondary N) is 1. The van der Waals surface area contributed by atoms with Crippen LogP contribution in [-0.2, 0) is 16.4 Å². The van der Waals surface area contributed by atoms with Gasteiger partial charge in [0.2, 0.25) is 0 Å². The van der Waals surface area contributed by atoms with Crippen LogP contribution in [0.3, 0.4) is 0 Å². The second kappa shape index (κ2) is 6.56. The van der Waals surface area contributed by atoms with Crippen LogP contribution >= 0.6 is 23.4 Å². The Morgan fingerprint density at radius 2 is 2.25 bits per heavy atom. The van der Waals surface area contributed by atoms with Gasteiger partial charge >= 0.3 is 0 Å². The molecule has 0 saturated carbocycles. The molecule has 1 fully saturated rings. The van der Waals surface area contributed by atoms with E-state index in [0.29, 0.717) is 17.3 Å². The zero-order valence-electron chi connectivity index (χ0n) is 11.6. The highest BCUT2D eigenvalue weighted by atomic mass is 35.5. The molecule has 0 aromatic heterocycles. The fourth-order valence-corrected chi connectivity index (χ4v) is 5.45. The molecule has 1 aliphatic heterocycles. The van der Waals surface area contributed by atoms with E-state index in [1.54, 1.807) is 11.8 Å². The van der Waals surface area contributed by atoms with Gasteiger partial charge in [-0.1, -0.05) is 17.7 Å². The normalized spacial score (nSPS) is 20.1. The average Bonchev–Trinajstić information content (AvgIpc) is 2.40. The summed E-state index contributed by atoms with van der Waals surface area (Å²) in [4.78, 5) is 1.98. The van der Waals surface area contributed by atoms with Gasteiger partial charge in [-0.25, -0.2) is 8.42 Å². The van der Waals surface area contributed by atoms with Crippen molar-refractivity contribution >= 4 is 38.9 Å². The van der Waals surface area contributed by atoms with E-state index in [4.69, 9.17) is 11.6 Å². The van der Waals surface area contributed by atoms with E-state index in [9.17, 15) is 8.42 Å². The van der Waals surface area contributed by atoms with Gasteiger partial charge in [0.15, 0.2) is 9.84 Å². The molecule has 20 heavy (non-hydrogen) atoms. The zero-order chi connectivity index (χ0) is 14.8. The molecule has 1 unspecified atom stereocenters. The van der Waals surface area contributed by atoms with Crippen molar-refractivity contribution in [3.63, 3.8) is 0 Å². The molecule has 0 radical (unpaired) electrons. The molecule has 1 atom stereocenters. The van der Waals surface area contributed by atoms with Crippen LogP contribution in [0.5, 0.6) is 0 Å². The van der Waals surface area contributed by atoms with E-state index >= 15 is 0 Å². The van der Waals surface area contributed by atoms with Gasteiger partial charge in [0, 0.05) is 47.1 Å². The van der Waals surface area contributed by atoms with Crippen molar-refractivity contribution in [3.8, 4) is 0 Å². The van der Waals surface area contributed by atoms with Crippen LogP contribution < -0.4 is 10.2 Å². The fraction of sp³-hybridized carbons (Fsp3) is 0.538. The molecule has 0 bridgehead atoms. The molecule has 0 amide bonds. The Hall–Kier alpha value is -0.430. The molecule has 1 aromatic carbocycles. The first-order chi connectivity index (χ1) is 9.45. The molecule has 2 rings (SSSR count). The molecule has 7 heteroatoms. The third-order valence-electron chi connectivity index (χ3n) is 3.34. The summed E-state index contributed by atoms with van der Waals surface area (Å²) in [7, 11) is -1.27. The highest BCUT2D eigenvalue weighted by Gasteiger charge is 2.32. The van der Waals surface area contributed by atoms with E-state index in [1.165, 1.54) is 6.26 Å². The predicted octanol–water partition coefficient (Wildman–Crippen LogP) is 1.98. The van der Waals surface area contributed by atoms with Crippen LogP contribution in [0.1, 0.15) is 5.56 Å². The highest BCUT2D eigenvalue weighted by Crippen LogP contribution is 2.32. The summed E-state index contributed by atoms with van der Waals surface area (Å²) in [6, 6.07) is 5.66. The lowest BCUT2D eigenvalue weighted by Crippen LogP contribution is -2.47. The molecule has 1 aliphatic rings. The largest absolute Gasteiger partial charge is 0.353 e. The van der Waals surface area contributed by atoms with Crippen LogP contribution in [-0.4, -0.2) is 45.1 Å². The van der Waals surface area contributed by atoms with Crippen molar-refractivity contribution in [1.82, 2.24) is 5.32 Å². The third kappa shape index (κ3) is 3.42. The number of halogens is 1. The minimum Gasteiger partial charge on any atom is -0.353 e. The Balaban J connectivity index is 2.45. The van der Waals surface area contributed by atoms with Gasteiger partial charge in [-0.3, -0.25) is 0 Å². The van der Waals surface area contributed by atoms with Gasteiger partial charge in [-0.05, 0) is 19.2 Å². The molecular weight excluding hydrogens is 316 g/mol. The topological polar surface area (TPSA) is 49.4 Å². The van der Waals surface area contributed by atoms with E-state index < -0.39 is 15.2 Å². The molecule has 112 valence electrons. The SMILES string of the molecule is CNCc1c(Cl)cccc1N1CCSCC1S(C)(=O)=O. The van der Waals surface area contributed by atoms with Crippen LogP contribution in [0, 0.1) is 0 Å². The first kappa shape index (κ1) is 15.9. The number of rotatable bonds is 4. The molecule has 1 saturated heterocycles. The van der Waals surface area contributed by atoms with Crippen LogP contribution in [0.25, 0.3) is 0 Å². The average molecular weight is 335 g/mol. The first-order valence-corrected chi connectivity index (χ1v) is 9.89. The lowest BCUT2D eigenvalue weighted by molar-refractivity contribution is 0.584. The number of hydrogen-bond donors (Lipinski definition) is 1. The molecule has 1 N–H and O–H groups in total. The van der Waals surface area contributed by atoms with Gasteiger partial charge in [0.1, 0.15) is 5.37 Å². The predicted molar refractivity (Wildman–Crippen MR) is 87.5 cm³/mol. The van der Waals surface area contributed by atoms with Crippen molar-refractivity contribution in [3.05, 3.63) is 28.8 Å². The summed E-state index contributed by atoms with van der Waals surface area (Å²) >= 11 is 7.95. The quantitative estimate of drug-likeness (QED) is 0.912. The van der Waals surface area contributed by atoms with Gasteiger partial charge in [-0.15, -0.1) is 0 Å². The summed E-state index contributed by atoms with van der Waals surface area (Å²) < 4.78 is 24.0. The van der Waals surface area contributed by atoms with Gasteiger partial charge < -0.3 is 10.2 Å². The van der Waals surface area contributed by atoms with Crippen molar-refractivity contribution in [2.24, 2.45) is 0 Å². The summed E-state index contributed by atoms with van der Waals surface area (Å²) in [6.45, 7) is 1.34. The Labute approximate surface area is 129 Å². The highest BCUT2D eigenvalue weighted by molar-refractivity contribution is 8.01. The maximum atomic E-state index is 12.0. The second-order valence-electron chi connectivity index (χ2n) is 4.82. The number of benzene rings is 1.